The number of ketones is 1. The van der Waals surface area contributed by atoms with E-state index in [1.54, 1.807) is 0 Å². The summed E-state index contributed by atoms with van der Waals surface area (Å²) in [5, 5.41) is 0. The molecule has 1 aromatic rings. The Morgan fingerprint density at radius 2 is 1.85 bits per heavy atom. The molecule has 0 N–H and O–H groups in total. The summed E-state index contributed by atoms with van der Waals surface area (Å²) in [4.78, 5) is 12.7. The zero-order valence-electron chi connectivity index (χ0n) is 11.7. The van der Waals surface area contributed by atoms with Gasteiger partial charge >= 0.3 is 0 Å². The highest BCUT2D eigenvalue weighted by Crippen LogP contribution is 2.39. The molecular formula is C16H19BrO3. The highest BCUT2D eigenvalue weighted by molar-refractivity contribution is 9.10. The third kappa shape index (κ3) is 2.58. The number of hydrogen-bond acceptors (Lipinski definition) is 3. The SMILES string of the molecule is CC1CCCC1C(=O)c1cc2c(cc1Br)OCCCO2. The zero-order valence-corrected chi connectivity index (χ0v) is 13.2. The molecule has 1 aromatic carbocycles. The molecule has 0 saturated heterocycles. The number of fused-ring (bicyclic) bond motifs is 1. The standard InChI is InChI=1S/C16H19BrO3/c1-10-4-2-5-11(10)16(18)12-8-14-15(9-13(12)17)20-7-3-6-19-14/h8-11H,2-7H2,1H3. The van der Waals surface area contributed by atoms with Gasteiger partial charge in [0, 0.05) is 22.4 Å². The van der Waals surface area contributed by atoms with Gasteiger partial charge in [0.15, 0.2) is 17.3 Å². The van der Waals surface area contributed by atoms with E-state index < -0.39 is 0 Å². The van der Waals surface area contributed by atoms with Gasteiger partial charge in [0.05, 0.1) is 13.2 Å². The van der Waals surface area contributed by atoms with Crippen molar-refractivity contribution in [3.63, 3.8) is 0 Å². The molecule has 20 heavy (non-hydrogen) atoms. The van der Waals surface area contributed by atoms with Crippen LogP contribution in [0.25, 0.3) is 0 Å². The summed E-state index contributed by atoms with van der Waals surface area (Å²) >= 11 is 3.51. The van der Waals surface area contributed by atoms with Gasteiger partial charge in [-0.3, -0.25) is 4.79 Å². The lowest BCUT2D eigenvalue weighted by molar-refractivity contribution is 0.0896. The Labute approximate surface area is 127 Å². The van der Waals surface area contributed by atoms with Gasteiger partial charge in [-0.15, -0.1) is 0 Å². The molecule has 3 rings (SSSR count). The number of rotatable bonds is 2. The Morgan fingerprint density at radius 1 is 1.15 bits per heavy atom. The van der Waals surface area contributed by atoms with Crippen LogP contribution in [0.4, 0.5) is 0 Å². The zero-order chi connectivity index (χ0) is 14.1. The van der Waals surface area contributed by atoms with Crippen molar-refractivity contribution in [3.8, 4) is 11.5 Å². The molecule has 0 radical (unpaired) electrons. The highest BCUT2D eigenvalue weighted by atomic mass is 79.9. The lowest BCUT2D eigenvalue weighted by Gasteiger charge is -2.16. The van der Waals surface area contributed by atoms with Crippen molar-refractivity contribution in [2.45, 2.75) is 32.6 Å². The summed E-state index contributed by atoms with van der Waals surface area (Å²) in [6.07, 6.45) is 4.18. The van der Waals surface area contributed by atoms with Crippen molar-refractivity contribution < 1.29 is 14.3 Å². The first-order valence-corrected chi connectivity index (χ1v) is 8.09. The normalized spacial score (nSPS) is 25.3. The van der Waals surface area contributed by atoms with Crippen LogP contribution in [0, 0.1) is 11.8 Å². The quantitative estimate of drug-likeness (QED) is 0.757. The summed E-state index contributed by atoms with van der Waals surface area (Å²) < 4.78 is 12.1. The Kier molecular flexibility index (Phi) is 4.01. The van der Waals surface area contributed by atoms with Crippen LogP contribution < -0.4 is 9.47 Å². The van der Waals surface area contributed by atoms with E-state index in [-0.39, 0.29) is 11.7 Å². The average Bonchev–Trinajstić information content (AvgIpc) is 2.72. The molecule has 1 aliphatic heterocycles. The minimum Gasteiger partial charge on any atom is -0.490 e. The van der Waals surface area contributed by atoms with Crippen LogP contribution in [0.5, 0.6) is 11.5 Å². The van der Waals surface area contributed by atoms with Gasteiger partial charge in [0.25, 0.3) is 0 Å². The van der Waals surface area contributed by atoms with E-state index in [2.05, 4.69) is 22.9 Å². The number of carbonyl (C=O) groups is 1. The summed E-state index contributed by atoms with van der Waals surface area (Å²) in [6.45, 7) is 3.47. The molecule has 0 amide bonds. The Morgan fingerprint density at radius 3 is 2.50 bits per heavy atom. The third-order valence-electron chi connectivity index (χ3n) is 4.30. The van der Waals surface area contributed by atoms with Crippen LogP contribution in [-0.2, 0) is 0 Å². The van der Waals surface area contributed by atoms with Gasteiger partial charge in [-0.25, -0.2) is 0 Å². The van der Waals surface area contributed by atoms with Crippen molar-refractivity contribution in [2.24, 2.45) is 11.8 Å². The number of ether oxygens (including phenoxy) is 2. The molecule has 0 spiro atoms. The monoisotopic (exact) mass is 338 g/mol. The van der Waals surface area contributed by atoms with Gasteiger partial charge < -0.3 is 9.47 Å². The van der Waals surface area contributed by atoms with Gasteiger partial charge in [-0.05, 0) is 46.8 Å². The molecule has 3 nitrogen and oxygen atoms in total. The van der Waals surface area contributed by atoms with Gasteiger partial charge in [-0.1, -0.05) is 13.3 Å². The fourth-order valence-corrected chi connectivity index (χ4v) is 3.63. The second kappa shape index (κ2) is 5.76. The molecule has 0 bridgehead atoms. The first kappa shape index (κ1) is 13.9. The number of carbonyl (C=O) groups excluding carboxylic acids is 1. The molecule has 2 unspecified atom stereocenters. The molecule has 4 heteroatoms. The van der Waals surface area contributed by atoms with Gasteiger partial charge in [-0.2, -0.15) is 0 Å². The molecule has 1 fully saturated rings. The summed E-state index contributed by atoms with van der Waals surface area (Å²) in [6, 6.07) is 3.71. The van der Waals surface area contributed by atoms with E-state index in [1.807, 2.05) is 12.1 Å². The molecule has 108 valence electrons. The second-order valence-electron chi connectivity index (χ2n) is 5.71. The van der Waals surface area contributed by atoms with Crippen LogP contribution in [0.2, 0.25) is 0 Å². The number of benzene rings is 1. The molecule has 1 heterocycles. The first-order valence-electron chi connectivity index (χ1n) is 7.30. The van der Waals surface area contributed by atoms with Gasteiger partial charge in [0.2, 0.25) is 0 Å². The summed E-state index contributed by atoms with van der Waals surface area (Å²) in [5.41, 5.74) is 0.730. The predicted octanol–water partition coefficient (Wildman–Crippen LogP) is 4.23. The average molecular weight is 339 g/mol. The van der Waals surface area contributed by atoms with E-state index in [9.17, 15) is 4.79 Å². The van der Waals surface area contributed by atoms with Crippen molar-refractivity contribution in [1.29, 1.82) is 0 Å². The van der Waals surface area contributed by atoms with Gasteiger partial charge in [0.1, 0.15) is 0 Å². The predicted molar refractivity (Wildman–Crippen MR) is 80.6 cm³/mol. The molecule has 1 aliphatic carbocycles. The van der Waals surface area contributed by atoms with Crippen molar-refractivity contribution in [1.82, 2.24) is 0 Å². The molecule has 2 aliphatic rings. The topological polar surface area (TPSA) is 35.5 Å². The summed E-state index contributed by atoms with van der Waals surface area (Å²) in [7, 11) is 0. The lowest BCUT2D eigenvalue weighted by Crippen LogP contribution is -2.17. The van der Waals surface area contributed by atoms with Crippen molar-refractivity contribution >= 4 is 21.7 Å². The maximum absolute atomic E-state index is 12.7. The Balaban J connectivity index is 1.93. The number of hydrogen-bond donors (Lipinski definition) is 0. The highest BCUT2D eigenvalue weighted by Gasteiger charge is 2.32. The summed E-state index contributed by atoms with van der Waals surface area (Å²) in [5.74, 6) is 2.28. The molecule has 2 atom stereocenters. The molecular weight excluding hydrogens is 320 g/mol. The first-order chi connectivity index (χ1) is 9.66. The van der Waals surface area contributed by atoms with Crippen LogP contribution in [0.1, 0.15) is 43.0 Å². The Bertz CT molecular complexity index is 527. The van der Waals surface area contributed by atoms with Crippen LogP contribution >= 0.6 is 15.9 Å². The van der Waals surface area contributed by atoms with E-state index in [0.29, 0.717) is 24.9 Å². The van der Waals surface area contributed by atoms with E-state index in [4.69, 9.17) is 9.47 Å². The van der Waals surface area contributed by atoms with E-state index in [1.165, 1.54) is 0 Å². The third-order valence-corrected chi connectivity index (χ3v) is 4.96. The lowest BCUT2D eigenvalue weighted by atomic mass is 9.89. The minimum absolute atomic E-state index is 0.149. The van der Waals surface area contributed by atoms with E-state index >= 15 is 0 Å². The second-order valence-corrected chi connectivity index (χ2v) is 6.56. The minimum atomic E-state index is 0.149. The number of Topliss-reactive ketones (excluding diaryl/α,β-unsaturated/α-hetero) is 1. The van der Waals surface area contributed by atoms with Crippen molar-refractivity contribution in [2.75, 3.05) is 13.2 Å². The van der Waals surface area contributed by atoms with E-state index in [0.717, 1.165) is 41.5 Å². The van der Waals surface area contributed by atoms with Crippen LogP contribution in [0.3, 0.4) is 0 Å². The largest absolute Gasteiger partial charge is 0.490 e. The maximum Gasteiger partial charge on any atom is 0.167 e. The Hall–Kier alpha value is -1.03. The van der Waals surface area contributed by atoms with Crippen LogP contribution in [-0.4, -0.2) is 19.0 Å². The maximum atomic E-state index is 12.7. The smallest absolute Gasteiger partial charge is 0.167 e. The molecule has 1 saturated carbocycles. The number of halogens is 1. The van der Waals surface area contributed by atoms with Crippen molar-refractivity contribution in [3.05, 3.63) is 22.2 Å². The fourth-order valence-electron chi connectivity index (χ4n) is 3.11. The fraction of sp³-hybridized carbons (Fsp3) is 0.562. The van der Waals surface area contributed by atoms with Crippen LogP contribution in [0.15, 0.2) is 16.6 Å². The molecule has 0 aromatic heterocycles.